The summed E-state index contributed by atoms with van der Waals surface area (Å²) in [4.78, 5) is 44.5. The second-order valence-corrected chi connectivity index (χ2v) is 7.78. The maximum Gasteiger partial charge on any atom is 0.276 e. The first-order valence-corrected chi connectivity index (χ1v) is 9.98. The third-order valence-electron chi connectivity index (χ3n) is 5.55. The molecule has 1 aromatic heterocycles. The topological polar surface area (TPSA) is 102 Å². The van der Waals surface area contributed by atoms with Crippen molar-refractivity contribution in [3.05, 3.63) is 63.1 Å². The van der Waals surface area contributed by atoms with Crippen LogP contribution in [0, 0.1) is 11.6 Å². The van der Waals surface area contributed by atoms with E-state index in [0.717, 1.165) is 6.07 Å². The van der Waals surface area contributed by atoms with Gasteiger partial charge in [0.25, 0.3) is 11.8 Å². The van der Waals surface area contributed by atoms with Crippen LogP contribution in [-0.4, -0.2) is 52.6 Å². The second kappa shape index (κ2) is 7.52. The first kappa shape index (κ1) is 20.3. The number of aliphatic imine (C=N–C) groups is 1. The molecule has 1 N–H and O–H groups in total. The summed E-state index contributed by atoms with van der Waals surface area (Å²) in [6.45, 7) is 2.45. The molecule has 0 aliphatic carbocycles. The van der Waals surface area contributed by atoms with Crippen molar-refractivity contribution >= 4 is 17.7 Å². The number of pyridine rings is 1. The predicted octanol–water partition coefficient (Wildman–Crippen LogP) is 1.05. The maximum absolute atomic E-state index is 13.9. The van der Waals surface area contributed by atoms with Gasteiger partial charge in [0, 0.05) is 24.4 Å². The number of aromatic nitrogens is 1. The van der Waals surface area contributed by atoms with E-state index >= 15 is 0 Å². The molecule has 11 heteroatoms. The van der Waals surface area contributed by atoms with Crippen LogP contribution in [0.15, 0.2) is 34.2 Å². The Morgan fingerprint density at radius 1 is 1.34 bits per heavy atom. The minimum absolute atomic E-state index is 0.0272. The molecule has 0 radical (unpaired) electrons. The first-order chi connectivity index (χ1) is 15.3. The van der Waals surface area contributed by atoms with Gasteiger partial charge < -0.3 is 24.3 Å². The van der Waals surface area contributed by atoms with Gasteiger partial charge >= 0.3 is 0 Å². The number of amides is 2. The summed E-state index contributed by atoms with van der Waals surface area (Å²) in [6.07, 6.45) is 0.750. The van der Waals surface area contributed by atoms with Crippen LogP contribution < -0.4 is 15.5 Å². The molecule has 2 atom stereocenters. The third-order valence-corrected chi connectivity index (χ3v) is 5.55. The number of halogens is 2. The Kier molecular flexibility index (Phi) is 4.77. The van der Waals surface area contributed by atoms with Crippen molar-refractivity contribution < 1.29 is 27.8 Å². The lowest BCUT2D eigenvalue weighted by molar-refractivity contribution is 0.00639. The Morgan fingerprint density at radius 2 is 2.12 bits per heavy atom. The number of hydrogen-bond acceptors (Lipinski definition) is 6. The average Bonchev–Trinajstić information content (AvgIpc) is 3.49. The van der Waals surface area contributed by atoms with Crippen LogP contribution in [0.25, 0.3) is 0 Å². The van der Waals surface area contributed by atoms with E-state index < -0.39 is 35.1 Å². The number of ether oxygens (including phenoxy) is 2. The molecule has 1 aromatic carbocycles. The van der Waals surface area contributed by atoms with E-state index in [4.69, 9.17) is 9.47 Å². The highest BCUT2D eigenvalue weighted by Crippen LogP contribution is 2.30. The lowest BCUT2D eigenvalue weighted by atomic mass is 10.1. The van der Waals surface area contributed by atoms with E-state index in [1.54, 1.807) is 4.90 Å². The molecular weight excluding hydrogens is 426 g/mol. The average molecular weight is 444 g/mol. The van der Waals surface area contributed by atoms with Crippen molar-refractivity contribution in [3.63, 3.8) is 0 Å². The Morgan fingerprint density at radius 3 is 2.84 bits per heavy atom. The number of nitrogens with one attached hydrogen (secondary N) is 1. The van der Waals surface area contributed by atoms with Crippen molar-refractivity contribution in [3.8, 4) is 5.75 Å². The number of benzene rings is 1. The summed E-state index contributed by atoms with van der Waals surface area (Å²) >= 11 is 0. The number of rotatable bonds is 4. The fourth-order valence-electron chi connectivity index (χ4n) is 3.87. The largest absolute Gasteiger partial charge is 0.435 e. The minimum atomic E-state index is -0.818. The highest BCUT2D eigenvalue weighted by atomic mass is 19.1. The molecule has 2 amide bonds. The molecule has 3 aliphatic rings. The number of nitrogens with zero attached hydrogens (tertiary/aromatic N) is 3. The van der Waals surface area contributed by atoms with E-state index in [2.05, 4.69) is 10.3 Å². The number of carbonyl (C=O) groups excluding carboxylic acids is 2. The van der Waals surface area contributed by atoms with Gasteiger partial charge in [-0.05, 0) is 13.0 Å². The number of hydrogen-bond donors (Lipinski definition) is 1. The monoisotopic (exact) mass is 444 g/mol. The van der Waals surface area contributed by atoms with Crippen molar-refractivity contribution in [1.82, 2.24) is 14.8 Å². The van der Waals surface area contributed by atoms with Gasteiger partial charge in [-0.25, -0.2) is 13.8 Å². The van der Waals surface area contributed by atoms with E-state index in [1.165, 1.54) is 16.8 Å². The van der Waals surface area contributed by atoms with Crippen molar-refractivity contribution in [2.45, 2.75) is 32.3 Å². The quantitative estimate of drug-likeness (QED) is 0.760. The van der Waals surface area contributed by atoms with Crippen LogP contribution >= 0.6 is 0 Å². The molecule has 1 saturated heterocycles. The zero-order chi connectivity index (χ0) is 22.6. The summed E-state index contributed by atoms with van der Waals surface area (Å²) in [5.74, 6) is -2.76. The number of fused-ring (bicyclic) bond motifs is 2. The summed E-state index contributed by atoms with van der Waals surface area (Å²) in [6, 6.07) is 2.81. The Hall–Kier alpha value is -3.60. The van der Waals surface area contributed by atoms with Crippen LogP contribution in [0.2, 0.25) is 0 Å². The lowest BCUT2D eigenvalue weighted by Gasteiger charge is -2.34. The van der Waals surface area contributed by atoms with E-state index in [0.29, 0.717) is 19.2 Å². The molecule has 32 heavy (non-hydrogen) atoms. The molecule has 9 nitrogen and oxygen atoms in total. The van der Waals surface area contributed by atoms with Gasteiger partial charge in [0.15, 0.2) is 11.9 Å². The summed E-state index contributed by atoms with van der Waals surface area (Å²) in [5.41, 5.74) is -0.970. The SMILES string of the molecule is CC1COC2Cn3cc(C(=O)NCc4ccc(F)cc4F)c(=O)c(OC4=NC4)c3C(=O)N12. The van der Waals surface area contributed by atoms with Gasteiger partial charge in [-0.1, -0.05) is 6.07 Å². The van der Waals surface area contributed by atoms with Crippen LogP contribution in [0.5, 0.6) is 5.75 Å². The molecule has 3 aliphatic heterocycles. The Balaban J connectivity index is 1.49. The molecule has 2 unspecified atom stereocenters. The summed E-state index contributed by atoms with van der Waals surface area (Å²) in [5, 5.41) is 2.46. The fraction of sp³-hybridized carbons (Fsp3) is 0.333. The maximum atomic E-state index is 13.9. The molecule has 0 saturated carbocycles. The molecule has 4 heterocycles. The standard InChI is InChI=1S/C21H18F2N4O5/c1-10-9-31-16-8-26-7-13(20(29)25-5-11-2-3-12(22)4-14(11)23)18(28)19(32-15-6-24-15)17(26)21(30)27(10)16/h2-4,7,10,16H,5-6,8-9H2,1H3,(H,25,29). The molecule has 0 bridgehead atoms. The Labute approximate surface area is 180 Å². The first-order valence-electron chi connectivity index (χ1n) is 9.98. The zero-order valence-electron chi connectivity index (χ0n) is 16.9. The van der Waals surface area contributed by atoms with Crippen molar-refractivity contribution in [1.29, 1.82) is 0 Å². The number of carbonyl (C=O) groups is 2. The molecule has 166 valence electrons. The van der Waals surface area contributed by atoms with Crippen LogP contribution in [-0.2, 0) is 17.8 Å². The highest BCUT2D eigenvalue weighted by Gasteiger charge is 2.43. The van der Waals surface area contributed by atoms with Gasteiger partial charge in [-0.2, -0.15) is 0 Å². The molecule has 1 fully saturated rings. The molecule has 5 rings (SSSR count). The van der Waals surface area contributed by atoms with Gasteiger partial charge in [-0.15, -0.1) is 0 Å². The molecular formula is C21H18F2N4O5. The summed E-state index contributed by atoms with van der Waals surface area (Å²) < 4.78 is 39.6. The fourth-order valence-corrected chi connectivity index (χ4v) is 3.87. The van der Waals surface area contributed by atoms with Crippen molar-refractivity contribution in [2.75, 3.05) is 13.2 Å². The smallest absolute Gasteiger partial charge is 0.276 e. The van der Waals surface area contributed by atoms with E-state index in [9.17, 15) is 23.2 Å². The van der Waals surface area contributed by atoms with Gasteiger partial charge in [0.1, 0.15) is 23.7 Å². The van der Waals surface area contributed by atoms with Gasteiger partial charge in [0.05, 0.1) is 19.2 Å². The third kappa shape index (κ3) is 3.44. The minimum Gasteiger partial charge on any atom is -0.435 e. The van der Waals surface area contributed by atoms with Crippen LogP contribution in [0.4, 0.5) is 8.78 Å². The van der Waals surface area contributed by atoms with Crippen LogP contribution in [0.3, 0.4) is 0 Å². The highest BCUT2D eigenvalue weighted by molar-refractivity contribution is 6.01. The molecule has 0 spiro atoms. The predicted molar refractivity (Wildman–Crippen MR) is 107 cm³/mol. The normalized spacial score (nSPS) is 21.0. The molecule has 2 aromatic rings. The van der Waals surface area contributed by atoms with E-state index in [-0.39, 0.29) is 47.6 Å². The second-order valence-electron chi connectivity index (χ2n) is 7.78. The lowest BCUT2D eigenvalue weighted by Crippen LogP contribution is -2.49. The van der Waals surface area contributed by atoms with E-state index in [1.807, 2.05) is 6.92 Å². The van der Waals surface area contributed by atoms with Gasteiger partial charge in [-0.3, -0.25) is 14.4 Å². The van der Waals surface area contributed by atoms with Gasteiger partial charge in [0.2, 0.25) is 17.1 Å². The van der Waals surface area contributed by atoms with Crippen molar-refractivity contribution in [2.24, 2.45) is 4.99 Å². The summed E-state index contributed by atoms with van der Waals surface area (Å²) in [7, 11) is 0. The van der Waals surface area contributed by atoms with Crippen LogP contribution in [0.1, 0.15) is 33.3 Å². The zero-order valence-corrected chi connectivity index (χ0v) is 16.9. The Bertz CT molecular complexity index is 1240.